The summed E-state index contributed by atoms with van der Waals surface area (Å²) in [7, 11) is 6.36. The van der Waals surface area contributed by atoms with Gasteiger partial charge in [-0.25, -0.2) is 0 Å². The highest BCUT2D eigenvalue weighted by atomic mass is 16.5. The molecule has 0 fully saturated rings. The maximum absolute atomic E-state index is 12.9. The van der Waals surface area contributed by atoms with Crippen LogP contribution in [-0.4, -0.2) is 55.6 Å². The van der Waals surface area contributed by atoms with Gasteiger partial charge < -0.3 is 29.6 Å². The summed E-state index contributed by atoms with van der Waals surface area (Å²) in [4.78, 5) is 24.9. The first kappa shape index (κ1) is 24.6. The van der Waals surface area contributed by atoms with E-state index in [4.69, 9.17) is 18.9 Å². The van der Waals surface area contributed by atoms with Gasteiger partial charge in [-0.05, 0) is 31.2 Å². The molecule has 34 heavy (non-hydrogen) atoms. The molecular weight excluding hydrogens is 440 g/mol. The van der Waals surface area contributed by atoms with E-state index < -0.39 is 0 Å². The largest absolute Gasteiger partial charge is 0.496 e. The molecule has 2 amide bonds. The summed E-state index contributed by atoms with van der Waals surface area (Å²) in [6.45, 7) is 2.23. The minimum atomic E-state index is -0.374. The predicted octanol–water partition coefficient (Wildman–Crippen LogP) is 3.25. The number of hydrogen-bond acceptors (Lipinski definition) is 7. The van der Waals surface area contributed by atoms with E-state index in [1.807, 2.05) is 6.92 Å². The van der Waals surface area contributed by atoms with Gasteiger partial charge in [-0.1, -0.05) is 0 Å². The molecule has 0 saturated carbocycles. The smallest absolute Gasteiger partial charge is 0.257 e. The molecule has 2 N–H and O–H groups in total. The molecular formula is C24H28N4O6. The zero-order valence-electron chi connectivity index (χ0n) is 19.7. The fourth-order valence-electron chi connectivity index (χ4n) is 3.19. The lowest BCUT2D eigenvalue weighted by molar-refractivity contribution is 0.0915. The van der Waals surface area contributed by atoms with Gasteiger partial charge in [-0.15, -0.1) is 0 Å². The molecule has 0 saturated heterocycles. The quantitative estimate of drug-likeness (QED) is 0.470. The van der Waals surface area contributed by atoms with E-state index in [1.54, 1.807) is 74.5 Å². The van der Waals surface area contributed by atoms with E-state index in [9.17, 15) is 9.59 Å². The van der Waals surface area contributed by atoms with Crippen molar-refractivity contribution < 1.29 is 28.5 Å². The fourth-order valence-corrected chi connectivity index (χ4v) is 3.19. The van der Waals surface area contributed by atoms with Crippen LogP contribution in [0.5, 0.6) is 23.0 Å². The molecule has 1 heterocycles. The van der Waals surface area contributed by atoms with Crippen molar-refractivity contribution in [1.82, 2.24) is 15.1 Å². The van der Waals surface area contributed by atoms with Crippen molar-refractivity contribution in [2.24, 2.45) is 7.05 Å². The molecule has 1 atom stereocenters. The molecule has 180 valence electrons. The van der Waals surface area contributed by atoms with Crippen LogP contribution >= 0.6 is 0 Å². The van der Waals surface area contributed by atoms with Gasteiger partial charge in [0.25, 0.3) is 11.8 Å². The zero-order valence-corrected chi connectivity index (χ0v) is 19.7. The number of aryl methyl sites for hydroxylation is 1. The first-order valence-corrected chi connectivity index (χ1v) is 10.5. The Morgan fingerprint density at radius 1 is 1.03 bits per heavy atom. The molecule has 10 heteroatoms. The van der Waals surface area contributed by atoms with Gasteiger partial charge in [0.1, 0.15) is 29.1 Å². The average molecular weight is 469 g/mol. The summed E-state index contributed by atoms with van der Waals surface area (Å²) in [5.41, 5.74) is 0.690. The highest BCUT2D eigenvalue weighted by Gasteiger charge is 2.16. The minimum Gasteiger partial charge on any atom is -0.496 e. The number of amides is 2. The van der Waals surface area contributed by atoms with Crippen LogP contribution in [0.4, 0.5) is 5.82 Å². The number of ether oxygens (including phenoxy) is 4. The second-order valence-electron chi connectivity index (χ2n) is 7.45. The number of carbonyl (C=O) groups excluding carboxylic acids is 2. The summed E-state index contributed by atoms with van der Waals surface area (Å²) >= 11 is 0. The van der Waals surface area contributed by atoms with Crippen molar-refractivity contribution in [1.29, 1.82) is 0 Å². The third kappa shape index (κ3) is 6.26. The summed E-state index contributed by atoms with van der Waals surface area (Å²) < 4.78 is 24.0. The molecule has 3 rings (SSSR count). The average Bonchev–Trinajstić information content (AvgIpc) is 3.22. The van der Waals surface area contributed by atoms with Crippen molar-refractivity contribution in [2.45, 2.75) is 13.0 Å². The number of anilines is 1. The van der Waals surface area contributed by atoms with Gasteiger partial charge in [0, 0.05) is 51.2 Å². The second-order valence-corrected chi connectivity index (χ2v) is 7.45. The monoisotopic (exact) mass is 468 g/mol. The minimum absolute atomic E-state index is 0.251. The Morgan fingerprint density at radius 3 is 2.44 bits per heavy atom. The molecule has 0 aliphatic heterocycles. The molecule has 0 unspecified atom stereocenters. The maximum atomic E-state index is 12.9. The predicted molar refractivity (Wildman–Crippen MR) is 126 cm³/mol. The van der Waals surface area contributed by atoms with Crippen LogP contribution < -0.4 is 24.8 Å². The Morgan fingerprint density at radius 2 is 1.79 bits per heavy atom. The Kier molecular flexibility index (Phi) is 8.10. The van der Waals surface area contributed by atoms with Crippen LogP contribution in [0, 0.1) is 0 Å². The number of carbonyl (C=O) groups is 2. The number of rotatable bonds is 10. The summed E-state index contributed by atoms with van der Waals surface area (Å²) in [6.07, 6.45) is 1.48. The third-order valence-corrected chi connectivity index (χ3v) is 4.72. The standard InChI is InChI=1S/C24H28N4O6/c1-15(14-31-4)33-18-10-16(23(29)26-22-8-9-28(3)27-22)11-19(12-18)34-17-6-7-20(24(30)25-2)21(13-17)32-5/h6-13,15H,14H2,1-5H3,(H,25,30)(H,26,27,29)/t15-/m0/s1. The normalized spacial score (nSPS) is 11.4. The Bertz CT molecular complexity index is 1160. The number of nitrogens with zero attached hydrogens (tertiary/aromatic N) is 2. The molecule has 3 aromatic rings. The molecule has 2 aromatic carbocycles. The van der Waals surface area contributed by atoms with Crippen LogP contribution in [-0.2, 0) is 11.8 Å². The lowest BCUT2D eigenvalue weighted by atomic mass is 10.1. The second kappa shape index (κ2) is 11.2. The van der Waals surface area contributed by atoms with Crippen LogP contribution in [0.25, 0.3) is 0 Å². The van der Waals surface area contributed by atoms with Gasteiger partial charge in [-0.3, -0.25) is 14.3 Å². The Hall–Kier alpha value is -4.05. The van der Waals surface area contributed by atoms with Crippen LogP contribution in [0.1, 0.15) is 27.6 Å². The van der Waals surface area contributed by atoms with Gasteiger partial charge >= 0.3 is 0 Å². The molecule has 0 radical (unpaired) electrons. The maximum Gasteiger partial charge on any atom is 0.257 e. The van der Waals surface area contributed by atoms with E-state index in [0.717, 1.165) is 0 Å². The zero-order chi connectivity index (χ0) is 24.7. The van der Waals surface area contributed by atoms with E-state index >= 15 is 0 Å². The fraction of sp³-hybridized carbons (Fsp3) is 0.292. The molecule has 0 aliphatic carbocycles. The van der Waals surface area contributed by atoms with Crippen molar-refractivity contribution in [3.05, 3.63) is 59.8 Å². The molecule has 0 aliphatic rings. The van der Waals surface area contributed by atoms with E-state index in [2.05, 4.69) is 15.7 Å². The van der Waals surface area contributed by atoms with Crippen LogP contribution in [0.3, 0.4) is 0 Å². The van der Waals surface area contributed by atoms with Crippen molar-refractivity contribution in [3.63, 3.8) is 0 Å². The third-order valence-electron chi connectivity index (χ3n) is 4.72. The van der Waals surface area contributed by atoms with Crippen LogP contribution in [0.15, 0.2) is 48.7 Å². The van der Waals surface area contributed by atoms with Crippen molar-refractivity contribution >= 4 is 17.6 Å². The summed E-state index contributed by atoms with van der Waals surface area (Å²) in [6, 6.07) is 11.4. The number of nitrogens with one attached hydrogen (secondary N) is 2. The van der Waals surface area contributed by atoms with Crippen LogP contribution in [0.2, 0.25) is 0 Å². The summed E-state index contributed by atoms with van der Waals surface area (Å²) in [5.74, 6) is 1.34. The summed E-state index contributed by atoms with van der Waals surface area (Å²) in [5, 5.41) is 9.48. The number of hydrogen-bond donors (Lipinski definition) is 2. The molecule has 0 bridgehead atoms. The number of methoxy groups -OCH3 is 2. The first-order valence-electron chi connectivity index (χ1n) is 10.5. The molecule has 1 aromatic heterocycles. The van der Waals surface area contributed by atoms with Gasteiger partial charge in [-0.2, -0.15) is 5.10 Å². The van der Waals surface area contributed by atoms with Crippen molar-refractivity contribution in [3.8, 4) is 23.0 Å². The highest BCUT2D eigenvalue weighted by Crippen LogP contribution is 2.32. The van der Waals surface area contributed by atoms with Gasteiger partial charge in [0.15, 0.2) is 5.82 Å². The lowest BCUT2D eigenvalue weighted by Crippen LogP contribution is -2.19. The number of aromatic nitrogens is 2. The SMILES string of the molecule is CNC(=O)c1ccc(Oc2cc(O[C@@H](C)COC)cc(C(=O)Nc3ccn(C)n3)c2)cc1OC. The van der Waals surface area contributed by atoms with Gasteiger partial charge in [0.05, 0.1) is 19.3 Å². The highest BCUT2D eigenvalue weighted by molar-refractivity contribution is 6.04. The lowest BCUT2D eigenvalue weighted by Gasteiger charge is -2.16. The van der Waals surface area contributed by atoms with E-state index in [0.29, 0.717) is 46.5 Å². The van der Waals surface area contributed by atoms with E-state index in [1.165, 1.54) is 7.11 Å². The Balaban J connectivity index is 1.91. The van der Waals surface area contributed by atoms with E-state index in [-0.39, 0.29) is 17.9 Å². The first-order chi connectivity index (χ1) is 16.3. The van der Waals surface area contributed by atoms with Gasteiger partial charge in [0.2, 0.25) is 0 Å². The number of benzene rings is 2. The Labute approximate surface area is 197 Å². The molecule has 0 spiro atoms. The molecule has 10 nitrogen and oxygen atoms in total. The van der Waals surface area contributed by atoms with Crippen molar-refractivity contribution in [2.75, 3.05) is 33.2 Å². The topological polar surface area (TPSA) is 113 Å².